The smallest absolute Gasteiger partial charge is 0.264 e. The predicted octanol–water partition coefficient (Wildman–Crippen LogP) is 1.84. The molecule has 0 aliphatic carbocycles. The molecule has 0 spiro atoms. The lowest BCUT2D eigenvalue weighted by molar-refractivity contribution is -0.121. The summed E-state index contributed by atoms with van der Waals surface area (Å²) in [6.07, 6.45) is 0.802. The van der Waals surface area contributed by atoms with Gasteiger partial charge in [0.15, 0.2) is 0 Å². The van der Waals surface area contributed by atoms with Crippen LogP contribution < -0.4 is 5.32 Å². The molecule has 2 rings (SSSR count). The van der Waals surface area contributed by atoms with Gasteiger partial charge in [-0.25, -0.2) is 0 Å². The quantitative estimate of drug-likeness (QED) is 0.786. The molecule has 0 aromatic carbocycles. The van der Waals surface area contributed by atoms with E-state index in [4.69, 9.17) is 0 Å². The maximum absolute atomic E-state index is 12.0. The number of aromatic nitrogens is 2. The summed E-state index contributed by atoms with van der Waals surface area (Å²) in [4.78, 5) is 26.0. The highest BCUT2D eigenvalue weighted by Crippen LogP contribution is 2.10. The number of aryl methyl sites for hydroxylation is 3. The largest absolute Gasteiger partial charge is 0.354 e. The van der Waals surface area contributed by atoms with E-state index in [1.807, 2.05) is 36.0 Å². The normalized spacial score (nSPS) is 10.6. The van der Waals surface area contributed by atoms with Gasteiger partial charge in [0.25, 0.3) is 5.91 Å². The molecule has 1 N–H and O–H groups in total. The minimum Gasteiger partial charge on any atom is -0.354 e. The van der Waals surface area contributed by atoms with Gasteiger partial charge in [0.1, 0.15) is 0 Å². The highest BCUT2D eigenvalue weighted by molar-refractivity contribution is 7.12. The van der Waals surface area contributed by atoms with Crippen LogP contribution in [0.2, 0.25) is 0 Å². The van der Waals surface area contributed by atoms with Crippen LogP contribution in [0.3, 0.4) is 0 Å². The molecule has 2 heterocycles. The Bertz CT molecular complexity index is 664. The number of thiophene rings is 1. The first-order chi connectivity index (χ1) is 11.0. The third kappa shape index (κ3) is 4.92. The van der Waals surface area contributed by atoms with Crippen molar-refractivity contribution >= 4 is 23.2 Å². The van der Waals surface area contributed by atoms with E-state index in [1.54, 1.807) is 13.1 Å². The zero-order valence-electron chi connectivity index (χ0n) is 13.7. The van der Waals surface area contributed by atoms with Crippen LogP contribution in [-0.4, -0.2) is 46.6 Å². The maximum Gasteiger partial charge on any atom is 0.264 e. The average Bonchev–Trinajstić information content (AvgIpc) is 3.12. The molecule has 0 unspecified atom stereocenters. The summed E-state index contributed by atoms with van der Waals surface area (Å²) in [5.74, 6) is -0.274. The van der Waals surface area contributed by atoms with Crippen LogP contribution in [0.4, 0.5) is 0 Å². The van der Waals surface area contributed by atoms with Gasteiger partial charge in [-0.05, 0) is 37.8 Å². The van der Waals surface area contributed by atoms with Crippen molar-refractivity contribution in [3.8, 4) is 0 Å². The molecule has 124 valence electrons. The highest BCUT2D eigenvalue weighted by Gasteiger charge is 2.15. The van der Waals surface area contributed by atoms with Crippen LogP contribution in [0.15, 0.2) is 23.6 Å². The van der Waals surface area contributed by atoms with Crippen LogP contribution in [-0.2, 0) is 11.3 Å². The molecule has 2 aromatic rings. The molecule has 0 saturated carbocycles. The molecule has 7 heteroatoms. The second-order valence-corrected chi connectivity index (χ2v) is 6.44. The van der Waals surface area contributed by atoms with Gasteiger partial charge in [-0.3, -0.25) is 14.3 Å². The second kappa shape index (κ2) is 7.92. The van der Waals surface area contributed by atoms with E-state index >= 15 is 0 Å². The Labute approximate surface area is 140 Å². The lowest BCUT2D eigenvalue weighted by Crippen LogP contribution is -2.38. The third-order valence-corrected chi connectivity index (χ3v) is 4.29. The Hall–Kier alpha value is -2.15. The van der Waals surface area contributed by atoms with Crippen molar-refractivity contribution in [2.24, 2.45) is 0 Å². The lowest BCUT2D eigenvalue weighted by atomic mass is 10.3. The van der Waals surface area contributed by atoms with Crippen molar-refractivity contribution in [2.45, 2.75) is 26.8 Å². The Kier molecular flexibility index (Phi) is 5.92. The summed E-state index contributed by atoms with van der Waals surface area (Å²) in [6, 6.07) is 5.62. The molecule has 6 nitrogen and oxygen atoms in total. The van der Waals surface area contributed by atoms with Gasteiger partial charge in [0, 0.05) is 25.8 Å². The van der Waals surface area contributed by atoms with Crippen molar-refractivity contribution in [2.75, 3.05) is 20.1 Å². The van der Waals surface area contributed by atoms with Gasteiger partial charge in [0.05, 0.1) is 17.1 Å². The molecule has 0 aliphatic rings. The minimum atomic E-state index is -0.147. The first kappa shape index (κ1) is 17.2. The number of hydrogen-bond acceptors (Lipinski definition) is 4. The molecular formula is C16H22N4O2S. The van der Waals surface area contributed by atoms with Crippen LogP contribution in [0.5, 0.6) is 0 Å². The second-order valence-electron chi connectivity index (χ2n) is 5.49. The summed E-state index contributed by atoms with van der Waals surface area (Å²) in [5, 5.41) is 9.07. The molecule has 23 heavy (non-hydrogen) atoms. The Morgan fingerprint density at radius 1 is 1.39 bits per heavy atom. The molecule has 0 radical (unpaired) electrons. The van der Waals surface area contributed by atoms with Gasteiger partial charge in [0.2, 0.25) is 5.91 Å². The Morgan fingerprint density at radius 3 is 2.78 bits per heavy atom. The summed E-state index contributed by atoms with van der Waals surface area (Å²) in [6.45, 7) is 5.38. The summed E-state index contributed by atoms with van der Waals surface area (Å²) in [7, 11) is 1.64. The van der Waals surface area contributed by atoms with Crippen molar-refractivity contribution in [3.63, 3.8) is 0 Å². The SMILES string of the molecule is Cc1cc(C)n(CCCNC(=O)CN(C)C(=O)c2cccs2)n1. The molecule has 2 amide bonds. The fourth-order valence-corrected chi connectivity index (χ4v) is 3.01. The fraction of sp³-hybridized carbons (Fsp3) is 0.438. The Balaban J connectivity index is 1.69. The van der Waals surface area contributed by atoms with Gasteiger partial charge in [-0.2, -0.15) is 5.10 Å². The Morgan fingerprint density at radius 2 is 2.17 bits per heavy atom. The molecule has 0 aliphatic heterocycles. The van der Waals surface area contributed by atoms with E-state index in [9.17, 15) is 9.59 Å². The highest BCUT2D eigenvalue weighted by atomic mass is 32.1. The van der Waals surface area contributed by atoms with Crippen molar-refractivity contribution in [1.82, 2.24) is 20.0 Å². The number of likely N-dealkylation sites (N-methyl/N-ethyl adjacent to an activating group) is 1. The minimum absolute atomic E-state index is 0.0661. The first-order valence-corrected chi connectivity index (χ1v) is 8.42. The van der Waals surface area contributed by atoms with E-state index in [1.165, 1.54) is 16.2 Å². The van der Waals surface area contributed by atoms with E-state index < -0.39 is 0 Å². The van der Waals surface area contributed by atoms with E-state index in [-0.39, 0.29) is 18.4 Å². The standard InChI is InChI=1S/C16H22N4O2S/c1-12-10-13(2)20(18-12)8-5-7-17-15(21)11-19(3)16(22)14-6-4-9-23-14/h4,6,9-10H,5,7-8,11H2,1-3H3,(H,17,21). The fourth-order valence-electron chi connectivity index (χ4n) is 2.29. The van der Waals surface area contributed by atoms with Crippen molar-refractivity contribution < 1.29 is 9.59 Å². The van der Waals surface area contributed by atoms with Crippen LogP contribution >= 0.6 is 11.3 Å². The molecule has 0 saturated heterocycles. The number of hydrogen-bond donors (Lipinski definition) is 1. The van der Waals surface area contributed by atoms with Gasteiger partial charge in [-0.1, -0.05) is 6.07 Å². The predicted molar refractivity (Wildman–Crippen MR) is 90.6 cm³/mol. The van der Waals surface area contributed by atoms with Crippen molar-refractivity contribution in [1.29, 1.82) is 0 Å². The van der Waals surface area contributed by atoms with Crippen LogP contribution in [0.25, 0.3) is 0 Å². The molecule has 0 bridgehead atoms. The number of nitrogens with zero attached hydrogens (tertiary/aromatic N) is 3. The van der Waals surface area contributed by atoms with E-state index in [2.05, 4.69) is 10.4 Å². The monoisotopic (exact) mass is 334 g/mol. The molecule has 2 aromatic heterocycles. The number of amides is 2. The number of carbonyl (C=O) groups excluding carboxylic acids is 2. The van der Waals surface area contributed by atoms with Crippen molar-refractivity contribution in [3.05, 3.63) is 39.8 Å². The summed E-state index contributed by atoms with van der Waals surface area (Å²) in [5.41, 5.74) is 2.12. The number of rotatable bonds is 7. The van der Waals surface area contributed by atoms with E-state index in [0.717, 1.165) is 24.4 Å². The van der Waals surface area contributed by atoms with Gasteiger partial charge in [-0.15, -0.1) is 11.3 Å². The molecule has 0 atom stereocenters. The van der Waals surface area contributed by atoms with Gasteiger partial charge >= 0.3 is 0 Å². The lowest BCUT2D eigenvalue weighted by Gasteiger charge is -2.15. The average molecular weight is 334 g/mol. The zero-order valence-corrected chi connectivity index (χ0v) is 14.5. The number of carbonyl (C=O) groups is 2. The maximum atomic E-state index is 12.0. The van der Waals surface area contributed by atoms with E-state index in [0.29, 0.717) is 11.4 Å². The number of nitrogens with one attached hydrogen (secondary N) is 1. The van der Waals surface area contributed by atoms with Gasteiger partial charge < -0.3 is 10.2 Å². The summed E-state index contributed by atoms with van der Waals surface area (Å²) >= 11 is 1.38. The molecule has 0 fully saturated rings. The van der Waals surface area contributed by atoms with Crippen LogP contribution in [0.1, 0.15) is 27.5 Å². The van der Waals surface area contributed by atoms with Crippen LogP contribution in [0, 0.1) is 13.8 Å². The topological polar surface area (TPSA) is 67.2 Å². The molecular weight excluding hydrogens is 312 g/mol. The summed E-state index contributed by atoms with van der Waals surface area (Å²) < 4.78 is 1.94. The first-order valence-electron chi connectivity index (χ1n) is 7.54. The third-order valence-electron chi connectivity index (χ3n) is 3.43. The zero-order chi connectivity index (χ0) is 16.8.